The molecule has 16 heavy (non-hydrogen) atoms. The van der Waals surface area contributed by atoms with Crippen molar-refractivity contribution in [1.82, 2.24) is 0 Å². The number of hydrogen-bond acceptors (Lipinski definition) is 5. The zero-order valence-corrected chi connectivity index (χ0v) is 10.6. The summed E-state index contributed by atoms with van der Waals surface area (Å²) in [5, 5.41) is 9.71. The van der Waals surface area contributed by atoms with Crippen LogP contribution < -0.4 is 0 Å². The summed E-state index contributed by atoms with van der Waals surface area (Å²) in [4.78, 5) is 0. The second-order valence-electron chi connectivity index (χ2n) is 3.61. The van der Waals surface area contributed by atoms with E-state index in [4.69, 9.17) is 18.9 Å². The highest BCUT2D eigenvalue weighted by atomic mass is 16.7. The molecule has 1 N–H and O–H groups in total. The summed E-state index contributed by atoms with van der Waals surface area (Å²) in [5.41, 5.74) is 0. The van der Waals surface area contributed by atoms with E-state index in [9.17, 15) is 5.11 Å². The maximum absolute atomic E-state index is 9.71. The lowest BCUT2D eigenvalue weighted by atomic mass is 10.1. The predicted octanol–water partition coefficient (Wildman–Crippen LogP) is 1.15. The van der Waals surface area contributed by atoms with Crippen molar-refractivity contribution in [2.24, 2.45) is 0 Å². The average Bonchev–Trinajstić information content (AvgIpc) is 2.31. The van der Waals surface area contributed by atoms with E-state index in [-0.39, 0.29) is 18.7 Å². The van der Waals surface area contributed by atoms with E-state index in [1.165, 1.54) is 0 Å². The van der Waals surface area contributed by atoms with Crippen LogP contribution in [0.3, 0.4) is 0 Å². The van der Waals surface area contributed by atoms with E-state index in [1.807, 2.05) is 0 Å². The molecule has 5 nitrogen and oxygen atoms in total. The Morgan fingerprint density at radius 3 is 1.25 bits per heavy atom. The van der Waals surface area contributed by atoms with Crippen molar-refractivity contribution in [3.63, 3.8) is 0 Å². The summed E-state index contributed by atoms with van der Waals surface area (Å²) in [6.45, 7) is 0. The lowest BCUT2D eigenvalue weighted by Gasteiger charge is -2.18. The van der Waals surface area contributed by atoms with Crippen molar-refractivity contribution < 1.29 is 24.1 Å². The summed E-state index contributed by atoms with van der Waals surface area (Å²) in [7, 11) is 6.36. The summed E-state index contributed by atoms with van der Waals surface area (Å²) < 4.78 is 20.1. The SMILES string of the molecule is COC(CCC(O)CCC(OC)OC)OC. The number of aliphatic hydroxyl groups excluding tert-OH is 1. The number of ether oxygens (including phenoxy) is 4. The average molecular weight is 236 g/mol. The van der Waals surface area contributed by atoms with Gasteiger partial charge in [-0.1, -0.05) is 0 Å². The van der Waals surface area contributed by atoms with Crippen LogP contribution in [0, 0.1) is 0 Å². The van der Waals surface area contributed by atoms with Gasteiger partial charge in [0.05, 0.1) is 6.10 Å². The van der Waals surface area contributed by atoms with Crippen LogP contribution in [0.2, 0.25) is 0 Å². The van der Waals surface area contributed by atoms with E-state index < -0.39 is 0 Å². The molecule has 0 unspecified atom stereocenters. The molecule has 0 amide bonds. The van der Waals surface area contributed by atoms with Gasteiger partial charge in [0.25, 0.3) is 0 Å². The number of aliphatic hydroxyl groups is 1. The summed E-state index contributed by atoms with van der Waals surface area (Å²) in [6, 6.07) is 0. The van der Waals surface area contributed by atoms with E-state index in [2.05, 4.69) is 0 Å². The van der Waals surface area contributed by atoms with Crippen molar-refractivity contribution in [2.75, 3.05) is 28.4 Å². The minimum atomic E-state index is -0.374. The standard InChI is InChI=1S/C11H24O5/c1-13-10(14-2)7-5-9(12)6-8-11(15-3)16-4/h9-12H,5-8H2,1-4H3. The van der Waals surface area contributed by atoms with Crippen molar-refractivity contribution in [1.29, 1.82) is 0 Å². The first-order chi connectivity index (χ1) is 7.67. The fraction of sp³-hybridized carbons (Fsp3) is 1.00. The second kappa shape index (κ2) is 9.99. The zero-order valence-electron chi connectivity index (χ0n) is 10.6. The maximum Gasteiger partial charge on any atom is 0.156 e. The van der Waals surface area contributed by atoms with Crippen LogP contribution in [0.1, 0.15) is 25.7 Å². The first kappa shape index (κ1) is 15.8. The van der Waals surface area contributed by atoms with Crippen LogP contribution in [-0.2, 0) is 18.9 Å². The predicted molar refractivity (Wildman–Crippen MR) is 60.1 cm³/mol. The van der Waals surface area contributed by atoms with Crippen LogP contribution in [-0.4, -0.2) is 52.2 Å². The third-order valence-electron chi connectivity index (χ3n) is 2.52. The van der Waals surface area contributed by atoms with Gasteiger partial charge in [-0.3, -0.25) is 0 Å². The maximum atomic E-state index is 9.71. The number of hydrogen-bond donors (Lipinski definition) is 1. The van der Waals surface area contributed by atoms with Gasteiger partial charge < -0.3 is 24.1 Å². The molecular formula is C11H24O5. The first-order valence-corrected chi connectivity index (χ1v) is 5.47. The highest BCUT2D eigenvalue weighted by Gasteiger charge is 2.13. The number of rotatable bonds is 10. The molecule has 0 spiro atoms. The Hall–Kier alpha value is -0.200. The molecule has 0 radical (unpaired) electrons. The Bertz CT molecular complexity index is 129. The van der Waals surface area contributed by atoms with Crippen LogP contribution in [0.15, 0.2) is 0 Å². The van der Waals surface area contributed by atoms with Gasteiger partial charge in [-0.05, 0) is 12.8 Å². The minimum Gasteiger partial charge on any atom is -0.393 e. The van der Waals surface area contributed by atoms with Gasteiger partial charge >= 0.3 is 0 Å². The Balaban J connectivity index is 3.61. The number of methoxy groups -OCH3 is 4. The van der Waals surface area contributed by atoms with Crippen LogP contribution in [0.25, 0.3) is 0 Å². The van der Waals surface area contributed by atoms with Gasteiger partial charge in [0.2, 0.25) is 0 Å². The zero-order chi connectivity index (χ0) is 12.4. The molecular weight excluding hydrogens is 212 g/mol. The van der Waals surface area contributed by atoms with Gasteiger partial charge in [-0.25, -0.2) is 0 Å². The molecule has 0 aromatic heterocycles. The molecule has 0 fully saturated rings. The van der Waals surface area contributed by atoms with Crippen molar-refractivity contribution >= 4 is 0 Å². The Kier molecular flexibility index (Phi) is 9.86. The smallest absolute Gasteiger partial charge is 0.156 e. The van der Waals surface area contributed by atoms with Crippen LogP contribution >= 0.6 is 0 Å². The van der Waals surface area contributed by atoms with Gasteiger partial charge in [-0.2, -0.15) is 0 Å². The fourth-order valence-corrected chi connectivity index (χ4v) is 1.47. The molecule has 0 heterocycles. The molecule has 0 rings (SSSR count). The van der Waals surface area contributed by atoms with E-state index in [0.717, 1.165) is 0 Å². The molecule has 5 heteroatoms. The van der Waals surface area contributed by atoms with Crippen molar-refractivity contribution in [2.45, 2.75) is 44.4 Å². The molecule has 98 valence electrons. The Labute approximate surface area is 97.6 Å². The Morgan fingerprint density at radius 2 is 1.00 bits per heavy atom. The quantitative estimate of drug-likeness (QED) is 0.576. The molecule has 0 aliphatic carbocycles. The van der Waals surface area contributed by atoms with E-state index in [1.54, 1.807) is 28.4 Å². The summed E-state index contributed by atoms with van der Waals surface area (Å²) in [5.74, 6) is 0. The lowest BCUT2D eigenvalue weighted by Crippen LogP contribution is -2.19. The highest BCUT2D eigenvalue weighted by molar-refractivity contribution is 4.59. The van der Waals surface area contributed by atoms with E-state index >= 15 is 0 Å². The summed E-state index contributed by atoms with van der Waals surface area (Å²) >= 11 is 0. The van der Waals surface area contributed by atoms with Gasteiger partial charge in [0.15, 0.2) is 12.6 Å². The molecule has 0 aromatic rings. The highest BCUT2D eigenvalue weighted by Crippen LogP contribution is 2.12. The van der Waals surface area contributed by atoms with Crippen molar-refractivity contribution in [3.05, 3.63) is 0 Å². The molecule has 0 aliphatic heterocycles. The molecule has 0 saturated heterocycles. The monoisotopic (exact) mass is 236 g/mol. The fourth-order valence-electron chi connectivity index (χ4n) is 1.47. The third kappa shape index (κ3) is 7.14. The van der Waals surface area contributed by atoms with Gasteiger partial charge in [0, 0.05) is 41.3 Å². The second-order valence-corrected chi connectivity index (χ2v) is 3.61. The molecule has 0 bridgehead atoms. The molecule has 0 aromatic carbocycles. The van der Waals surface area contributed by atoms with Crippen LogP contribution in [0.5, 0.6) is 0 Å². The third-order valence-corrected chi connectivity index (χ3v) is 2.52. The lowest BCUT2D eigenvalue weighted by molar-refractivity contribution is -0.118. The summed E-state index contributed by atoms with van der Waals surface area (Å²) in [6.07, 6.45) is 1.79. The molecule has 0 aliphatic rings. The van der Waals surface area contributed by atoms with Gasteiger partial charge in [-0.15, -0.1) is 0 Å². The van der Waals surface area contributed by atoms with Gasteiger partial charge in [0.1, 0.15) is 0 Å². The largest absolute Gasteiger partial charge is 0.393 e. The van der Waals surface area contributed by atoms with Crippen LogP contribution in [0.4, 0.5) is 0 Å². The molecule has 0 saturated carbocycles. The molecule has 0 atom stereocenters. The van der Waals surface area contributed by atoms with E-state index in [0.29, 0.717) is 25.7 Å². The normalized spacial score (nSPS) is 12.0. The minimum absolute atomic E-state index is 0.240. The topological polar surface area (TPSA) is 57.2 Å². The first-order valence-electron chi connectivity index (χ1n) is 5.47. The van der Waals surface area contributed by atoms with Crippen molar-refractivity contribution in [3.8, 4) is 0 Å². The Morgan fingerprint density at radius 1 is 0.688 bits per heavy atom.